The van der Waals surface area contributed by atoms with E-state index in [1.54, 1.807) is 12.5 Å². The molecule has 126 valence electrons. The SMILES string of the molecule is CN1CCO[C@@H](CNc2nccn3cnnc23)[C@@H]1c1ccnn1C. The summed E-state index contributed by atoms with van der Waals surface area (Å²) >= 11 is 0. The first-order chi connectivity index (χ1) is 11.7. The molecule has 4 heterocycles. The molecule has 0 amide bonds. The number of aromatic nitrogens is 6. The lowest BCUT2D eigenvalue weighted by Crippen LogP contribution is -2.46. The molecule has 0 spiro atoms. The lowest BCUT2D eigenvalue weighted by molar-refractivity contribution is -0.0581. The minimum Gasteiger partial charge on any atom is -0.373 e. The molecule has 0 saturated carbocycles. The Bertz CT molecular complexity index is 828. The topological polar surface area (TPSA) is 85.4 Å². The van der Waals surface area contributed by atoms with Crippen molar-refractivity contribution in [1.82, 2.24) is 34.3 Å². The van der Waals surface area contributed by atoms with Crippen molar-refractivity contribution < 1.29 is 4.74 Å². The van der Waals surface area contributed by atoms with Gasteiger partial charge in [0.15, 0.2) is 5.82 Å². The van der Waals surface area contributed by atoms with Crippen LogP contribution in [-0.2, 0) is 11.8 Å². The van der Waals surface area contributed by atoms with Crippen LogP contribution in [0.3, 0.4) is 0 Å². The van der Waals surface area contributed by atoms with Crippen LogP contribution in [0.2, 0.25) is 0 Å². The molecule has 9 nitrogen and oxygen atoms in total. The van der Waals surface area contributed by atoms with Crippen molar-refractivity contribution in [3.63, 3.8) is 0 Å². The van der Waals surface area contributed by atoms with Crippen LogP contribution in [0.25, 0.3) is 5.65 Å². The van der Waals surface area contributed by atoms with Gasteiger partial charge in [0.05, 0.1) is 24.4 Å². The van der Waals surface area contributed by atoms with Crippen molar-refractivity contribution in [3.8, 4) is 0 Å². The van der Waals surface area contributed by atoms with Gasteiger partial charge in [-0.2, -0.15) is 5.10 Å². The second kappa shape index (κ2) is 6.17. The summed E-state index contributed by atoms with van der Waals surface area (Å²) in [4.78, 5) is 6.67. The van der Waals surface area contributed by atoms with Gasteiger partial charge in [0.1, 0.15) is 6.33 Å². The predicted octanol–water partition coefficient (Wildman–Crippen LogP) is 0.342. The molecule has 24 heavy (non-hydrogen) atoms. The fraction of sp³-hybridized carbons (Fsp3) is 0.467. The van der Waals surface area contributed by atoms with Crippen LogP contribution in [0.4, 0.5) is 5.82 Å². The number of nitrogens with zero attached hydrogens (tertiary/aromatic N) is 7. The first-order valence-electron chi connectivity index (χ1n) is 7.92. The highest BCUT2D eigenvalue weighted by Crippen LogP contribution is 2.28. The highest BCUT2D eigenvalue weighted by Gasteiger charge is 2.33. The number of hydrogen-bond acceptors (Lipinski definition) is 7. The van der Waals surface area contributed by atoms with Crippen LogP contribution < -0.4 is 5.32 Å². The number of aryl methyl sites for hydroxylation is 1. The maximum Gasteiger partial charge on any atom is 0.203 e. The zero-order valence-corrected chi connectivity index (χ0v) is 13.7. The molecule has 0 aliphatic carbocycles. The average molecular weight is 328 g/mol. The Labute approximate surface area is 139 Å². The van der Waals surface area contributed by atoms with E-state index in [1.165, 1.54) is 0 Å². The number of morpholine rings is 1. The quantitative estimate of drug-likeness (QED) is 0.739. The van der Waals surface area contributed by atoms with Crippen LogP contribution in [0.15, 0.2) is 31.0 Å². The lowest BCUT2D eigenvalue weighted by Gasteiger charge is -2.39. The Morgan fingerprint density at radius 1 is 1.33 bits per heavy atom. The zero-order chi connectivity index (χ0) is 16.5. The molecule has 3 aromatic heterocycles. The Hall–Kier alpha value is -2.52. The highest BCUT2D eigenvalue weighted by molar-refractivity contribution is 5.61. The van der Waals surface area contributed by atoms with Gasteiger partial charge in [0, 0.05) is 38.7 Å². The molecule has 0 radical (unpaired) electrons. The second-order valence-corrected chi connectivity index (χ2v) is 5.93. The van der Waals surface area contributed by atoms with Crippen LogP contribution >= 0.6 is 0 Å². The summed E-state index contributed by atoms with van der Waals surface area (Å²) in [7, 11) is 4.07. The molecule has 0 unspecified atom stereocenters. The van der Waals surface area contributed by atoms with Crippen molar-refractivity contribution in [1.29, 1.82) is 0 Å². The van der Waals surface area contributed by atoms with Crippen LogP contribution in [0.5, 0.6) is 0 Å². The average Bonchev–Trinajstić information content (AvgIpc) is 3.22. The van der Waals surface area contributed by atoms with E-state index >= 15 is 0 Å². The number of nitrogens with one attached hydrogen (secondary N) is 1. The summed E-state index contributed by atoms with van der Waals surface area (Å²) in [6.45, 7) is 2.23. The molecule has 1 saturated heterocycles. The molecule has 0 bridgehead atoms. The van der Waals surface area contributed by atoms with Gasteiger partial charge in [-0.3, -0.25) is 14.0 Å². The normalized spacial score (nSPS) is 22.1. The summed E-state index contributed by atoms with van der Waals surface area (Å²) in [5.74, 6) is 0.704. The maximum absolute atomic E-state index is 6.04. The monoisotopic (exact) mass is 328 g/mol. The van der Waals surface area contributed by atoms with Gasteiger partial charge in [-0.1, -0.05) is 0 Å². The zero-order valence-electron chi connectivity index (χ0n) is 13.7. The van der Waals surface area contributed by atoms with E-state index in [2.05, 4.69) is 37.5 Å². The summed E-state index contributed by atoms with van der Waals surface area (Å²) < 4.78 is 9.78. The third-order valence-corrected chi connectivity index (χ3v) is 4.45. The van der Waals surface area contributed by atoms with Gasteiger partial charge in [0.2, 0.25) is 5.65 Å². The van der Waals surface area contributed by atoms with Gasteiger partial charge in [-0.05, 0) is 13.1 Å². The Morgan fingerprint density at radius 3 is 3.08 bits per heavy atom. The van der Waals surface area contributed by atoms with Gasteiger partial charge in [-0.25, -0.2) is 4.98 Å². The van der Waals surface area contributed by atoms with Crippen molar-refractivity contribution in [2.24, 2.45) is 7.05 Å². The first kappa shape index (κ1) is 15.0. The van der Waals surface area contributed by atoms with E-state index in [-0.39, 0.29) is 12.1 Å². The van der Waals surface area contributed by atoms with Gasteiger partial charge < -0.3 is 10.1 Å². The van der Waals surface area contributed by atoms with E-state index in [9.17, 15) is 0 Å². The summed E-state index contributed by atoms with van der Waals surface area (Å²) in [5.41, 5.74) is 1.84. The fourth-order valence-electron chi connectivity index (χ4n) is 3.20. The predicted molar refractivity (Wildman–Crippen MR) is 87.6 cm³/mol. The van der Waals surface area contributed by atoms with E-state index in [1.807, 2.05) is 34.6 Å². The highest BCUT2D eigenvalue weighted by atomic mass is 16.5. The summed E-state index contributed by atoms with van der Waals surface area (Å²) in [6.07, 6.45) is 7.02. The molecule has 9 heteroatoms. The Kier molecular flexibility index (Phi) is 3.87. The summed E-state index contributed by atoms with van der Waals surface area (Å²) in [6, 6.07) is 2.18. The smallest absolute Gasteiger partial charge is 0.203 e. The van der Waals surface area contributed by atoms with E-state index in [0.717, 1.165) is 12.2 Å². The molecule has 1 fully saturated rings. The molecular weight excluding hydrogens is 308 g/mol. The molecule has 0 aromatic carbocycles. The molecule has 4 rings (SSSR count). The number of hydrogen-bond donors (Lipinski definition) is 1. The number of fused-ring (bicyclic) bond motifs is 1. The maximum atomic E-state index is 6.04. The third-order valence-electron chi connectivity index (χ3n) is 4.45. The first-order valence-corrected chi connectivity index (χ1v) is 7.92. The number of likely N-dealkylation sites (N-methyl/N-ethyl adjacent to an activating group) is 1. The van der Waals surface area contributed by atoms with Crippen LogP contribution in [0, 0.1) is 0 Å². The number of anilines is 1. The molecular formula is C15H20N8O. The van der Waals surface area contributed by atoms with Crippen LogP contribution in [-0.4, -0.2) is 67.1 Å². The van der Waals surface area contributed by atoms with E-state index in [4.69, 9.17) is 4.74 Å². The molecule has 3 aromatic rings. The Balaban J connectivity index is 1.56. The van der Waals surface area contributed by atoms with E-state index in [0.29, 0.717) is 24.6 Å². The van der Waals surface area contributed by atoms with Crippen LogP contribution in [0.1, 0.15) is 11.7 Å². The summed E-state index contributed by atoms with van der Waals surface area (Å²) in [5, 5.41) is 15.7. The minimum absolute atomic E-state index is 0.0101. The fourth-order valence-corrected chi connectivity index (χ4v) is 3.20. The van der Waals surface area contributed by atoms with Crippen molar-refractivity contribution in [2.75, 3.05) is 32.1 Å². The standard InChI is InChI=1S/C15H20N8O/c1-21-7-8-24-12(13(21)11-3-4-19-22(11)2)9-17-14-15-20-18-10-23(15)6-5-16-14/h3-6,10,12-13H,7-9H2,1-2H3,(H,16,17)/t12-,13-/m0/s1. The Morgan fingerprint density at radius 2 is 2.25 bits per heavy atom. The molecule has 2 atom stereocenters. The number of ether oxygens (including phenoxy) is 1. The molecule has 1 N–H and O–H groups in total. The van der Waals surface area contributed by atoms with Gasteiger partial charge >= 0.3 is 0 Å². The lowest BCUT2D eigenvalue weighted by atomic mass is 10.0. The van der Waals surface area contributed by atoms with Crippen molar-refractivity contribution >= 4 is 11.5 Å². The largest absolute Gasteiger partial charge is 0.373 e. The second-order valence-electron chi connectivity index (χ2n) is 5.93. The van der Waals surface area contributed by atoms with Gasteiger partial charge in [-0.15, -0.1) is 10.2 Å². The van der Waals surface area contributed by atoms with E-state index < -0.39 is 0 Å². The number of rotatable bonds is 4. The molecule has 1 aliphatic heterocycles. The minimum atomic E-state index is -0.0101. The van der Waals surface area contributed by atoms with Crippen molar-refractivity contribution in [2.45, 2.75) is 12.1 Å². The van der Waals surface area contributed by atoms with Gasteiger partial charge in [0.25, 0.3) is 0 Å². The molecule has 1 aliphatic rings. The third kappa shape index (κ3) is 2.61. The van der Waals surface area contributed by atoms with Crippen molar-refractivity contribution in [3.05, 3.63) is 36.7 Å².